The van der Waals surface area contributed by atoms with Gasteiger partial charge in [0.1, 0.15) is 42.4 Å². The van der Waals surface area contributed by atoms with Gasteiger partial charge in [0.05, 0.1) is 11.6 Å². The summed E-state index contributed by atoms with van der Waals surface area (Å²) < 4.78 is 11.9. The molecule has 1 fully saturated rings. The average molecular weight is 463 g/mol. The SMILES string of the molecule is CC1Cc2c([C@H]3O[C@H](CO)[C@H](O)[C@H](O)[C@H]3O)cc(Cc3ccc(C(C)C)cc3)c(Cl)c2O1. The summed E-state index contributed by atoms with van der Waals surface area (Å²) in [4.78, 5) is 0. The molecule has 6 nitrogen and oxygen atoms in total. The Balaban J connectivity index is 1.74. The number of fused-ring (bicyclic) bond motifs is 1. The molecule has 4 N–H and O–H groups in total. The standard InChI is InChI=1S/C25H31ClO6/c1-12(2)15-6-4-14(5-7-15)9-16-10-18(17-8-13(3)31-24(17)20(16)26)25-23(30)22(29)21(28)19(11-27)32-25/h4-7,10,12-13,19,21-23,25,27-30H,8-9,11H2,1-3H3/t13?,19-,21+,22+,23-,25-/m1/s1. The van der Waals surface area contributed by atoms with E-state index in [4.69, 9.17) is 21.1 Å². The number of halogens is 1. The van der Waals surface area contributed by atoms with Crippen LogP contribution in [0.4, 0.5) is 0 Å². The third kappa shape index (κ3) is 4.28. The fourth-order valence-corrected chi connectivity index (χ4v) is 4.87. The Bertz CT molecular complexity index is 958. The van der Waals surface area contributed by atoms with Crippen LogP contribution in [0.25, 0.3) is 0 Å². The van der Waals surface area contributed by atoms with Crippen molar-refractivity contribution < 1.29 is 29.9 Å². The van der Waals surface area contributed by atoms with Crippen LogP contribution in [0.3, 0.4) is 0 Å². The summed E-state index contributed by atoms with van der Waals surface area (Å²) in [5, 5.41) is 41.3. The van der Waals surface area contributed by atoms with E-state index in [1.807, 2.05) is 13.0 Å². The molecule has 0 saturated carbocycles. The van der Waals surface area contributed by atoms with Crippen LogP contribution in [0.5, 0.6) is 5.75 Å². The van der Waals surface area contributed by atoms with Crippen LogP contribution >= 0.6 is 11.6 Å². The molecule has 2 aromatic rings. The monoisotopic (exact) mass is 462 g/mol. The van der Waals surface area contributed by atoms with Crippen molar-refractivity contribution in [1.82, 2.24) is 0 Å². The Morgan fingerprint density at radius 2 is 1.75 bits per heavy atom. The molecule has 0 aliphatic carbocycles. The highest BCUT2D eigenvalue weighted by Crippen LogP contribution is 2.46. The first-order valence-corrected chi connectivity index (χ1v) is 11.5. The highest BCUT2D eigenvalue weighted by molar-refractivity contribution is 6.33. The fraction of sp³-hybridized carbons (Fsp3) is 0.520. The van der Waals surface area contributed by atoms with Crippen molar-refractivity contribution in [3.63, 3.8) is 0 Å². The van der Waals surface area contributed by atoms with Crippen molar-refractivity contribution in [3.05, 3.63) is 63.2 Å². The highest BCUT2D eigenvalue weighted by atomic mass is 35.5. The summed E-state index contributed by atoms with van der Waals surface area (Å²) in [6, 6.07) is 10.3. The molecule has 1 saturated heterocycles. The van der Waals surface area contributed by atoms with Crippen molar-refractivity contribution in [3.8, 4) is 5.75 Å². The van der Waals surface area contributed by atoms with Gasteiger partial charge in [-0.25, -0.2) is 0 Å². The third-order valence-electron chi connectivity index (χ3n) is 6.48. The largest absolute Gasteiger partial charge is 0.488 e. The molecule has 0 aromatic heterocycles. The highest BCUT2D eigenvalue weighted by Gasteiger charge is 2.45. The van der Waals surface area contributed by atoms with E-state index in [1.54, 1.807) is 0 Å². The minimum Gasteiger partial charge on any atom is -0.488 e. The number of rotatable bonds is 5. The Kier molecular flexibility index (Phi) is 6.82. The van der Waals surface area contributed by atoms with E-state index in [0.717, 1.165) is 16.7 Å². The molecule has 2 heterocycles. The van der Waals surface area contributed by atoms with Gasteiger partial charge in [-0.3, -0.25) is 0 Å². The second kappa shape index (κ2) is 9.29. The minimum absolute atomic E-state index is 0.0910. The predicted octanol–water partition coefficient (Wildman–Crippen LogP) is 2.89. The molecule has 0 bridgehead atoms. The fourth-order valence-electron chi connectivity index (χ4n) is 4.59. The Labute approximate surface area is 193 Å². The van der Waals surface area contributed by atoms with E-state index >= 15 is 0 Å². The molecule has 2 aliphatic rings. The van der Waals surface area contributed by atoms with Crippen LogP contribution in [-0.2, 0) is 17.6 Å². The Hall–Kier alpha value is -1.67. The average Bonchev–Trinajstić information content (AvgIpc) is 3.17. The Morgan fingerprint density at radius 3 is 2.38 bits per heavy atom. The number of aliphatic hydroxyl groups excluding tert-OH is 4. The van der Waals surface area contributed by atoms with Gasteiger partial charge in [-0.15, -0.1) is 0 Å². The van der Waals surface area contributed by atoms with Crippen LogP contribution in [0, 0.1) is 0 Å². The summed E-state index contributed by atoms with van der Waals surface area (Å²) >= 11 is 6.75. The number of benzene rings is 2. The smallest absolute Gasteiger partial charge is 0.142 e. The second-order valence-corrected chi connectivity index (χ2v) is 9.58. The zero-order valence-electron chi connectivity index (χ0n) is 18.5. The molecule has 2 aliphatic heterocycles. The van der Waals surface area contributed by atoms with Crippen molar-refractivity contribution in [2.75, 3.05) is 6.61 Å². The van der Waals surface area contributed by atoms with Gasteiger partial charge in [-0.05, 0) is 41.5 Å². The molecule has 4 rings (SSSR count). The number of aliphatic hydroxyl groups is 4. The maximum absolute atomic E-state index is 10.7. The van der Waals surface area contributed by atoms with Gasteiger partial charge >= 0.3 is 0 Å². The van der Waals surface area contributed by atoms with Crippen LogP contribution in [0.15, 0.2) is 30.3 Å². The summed E-state index contributed by atoms with van der Waals surface area (Å²) in [5.74, 6) is 1.02. The van der Waals surface area contributed by atoms with Crippen molar-refractivity contribution >= 4 is 11.6 Å². The van der Waals surface area contributed by atoms with Gasteiger partial charge in [0.25, 0.3) is 0 Å². The predicted molar refractivity (Wildman–Crippen MR) is 121 cm³/mol. The van der Waals surface area contributed by atoms with Crippen LogP contribution in [0.1, 0.15) is 60.6 Å². The Morgan fingerprint density at radius 1 is 1.06 bits per heavy atom. The van der Waals surface area contributed by atoms with Crippen molar-refractivity contribution in [2.45, 2.75) is 76.2 Å². The van der Waals surface area contributed by atoms with E-state index in [-0.39, 0.29) is 6.10 Å². The maximum Gasteiger partial charge on any atom is 0.142 e. The molecule has 0 radical (unpaired) electrons. The van der Waals surface area contributed by atoms with Gasteiger partial charge in [0, 0.05) is 12.0 Å². The first-order chi connectivity index (χ1) is 15.2. The molecule has 7 heteroatoms. The lowest BCUT2D eigenvalue weighted by atomic mass is 9.86. The molecule has 0 spiro atoms. The van der Waals surface area contributed by atoms with Gasteiger partial charge in [-0.1, -0.05) is 55.8 Å². The first-order valence-electron chi connectivity index (χ1n) is 11.1. The molecule has 2 aromatic carbocycles. The summed E-state index contributed by atoms with van der Waals surface area (Å²) in [6.45, 7) is 5.77. The summed E-state index contributed by atoms with van der Waals surface area (Å²) in [6.07, 6.45) is -5.04. The van der Waals surface area contributed by atoms with E-state index in [2.05, 4.69) is 38.1 Å². The second-order valence-electron chi connectivity index (χ2n) is 9.20. The lowest BCUT2D eigenvalue weighted by Gasteiger charge is -2.40. The van der Waals surface area contributed by atoms with E-state index in [9.17, 15) is 20.4 Å². The zero-order valence-corrected chi connectivity index (χ0v) is 19.3. The van der Waals surface area contributed by atoms with Crippen LogP contribution in [0.2, 0.25) is 5.02 Å². The first kappa shape index (κ1) is 23.5. The molecule has 32 heavy (non-hydrogen) atoms. The van der Waals surface area contributed by atoms with Gasteiger partial charge in [-0.2, -0.15) is 0 Å². The van der Waals surface area contributed by atoms with E-state index < -0.39 is 37.1 Å². The molecule has 0 amide bonds. The van der Waals surface area contributed by atoms with Gasteiger partial charge in [0.15, 0.2) is 0 Å². The molecular weight excluding hydrogens is 432 g/mol. The molecular formula is C25H31ClO6. The molecule has 1 unspecified atom stereocenters. The minimum atomic E-state index is -1.44. The molecule has 174 valence electrons. The number of hydrogen-bond acceptors (Lipinski definition) is 6. The van der Waals surface area contributed by atoms with Crippen molar-refractivity contribution in [2.24, 2.45) is 0 Å². The topological polar surface area (TPSA) is 99.4 Å². The van der Waals surface area contributed by atoms with E-state index in [1.165, 1.54) is 5.56 Å². The van der Waals surface area contributed by atoms with Crippen LogP contribution in [-0.4, -0.2) is 57.6 Å². The van der Waals surface area contributed by atoms with Gasteiger partial charge in [0.2, 0.25) is 0 Å². The summed E-state index contributed by atoms with van der Waals surface area (Å²) in [7, 11) is 0. The zero-order chi connectivity index (χ0) is 23.2. The number of ether oxygens (including phenoxy) is 2. The third-order valence-corrected chi connectivity index (χ3v) is 6.90. The lowest BCUT2D eigenvalue weighted by Crippen LogP contribution is -2.55. The maximum atomic E-state index is 10.7. The molecule has 6 atom stereocenters. The lowest BCUT2D eigenvalue weighted by molar-refractivity contribution is -0.231. The normalized spacial score (nSPS) is 29.8. The van der Waals surface area contributed by atoms with Crippen LogP contribution < -0.4 is 4.74 Å². The summed E-state index contributed by atoms with van der Waals surface area (Å²) in [5.41, 5.74) is 4.66. The van der Waals surface area contributed by atoms with Crippen molar-refractivity contribution in [1.29, 1.82) is 0 Å². The van der Waals surface area contributed by atoms with E-state index in [0.29, 0.717) is 35.1 Å². The quantitative estimate of drug-likeness (QED) is 0.545. The van der Waals surface area contributed by atoms with Gasteiger partial charge < -0.3 is 29.9 Å². The number of hydrogen-bond donors (Lipinski definition) is 4.